The normalized spacial score (nSPS) is 30.3. The molecule has 2 saturated heterocycles. The molecule has 104 valence electrons. The van der Waals surface area contributed by atoms with Gasteiger partial charge in [0.15, 0.2) is 0 Å². The van der Waals surface area contributed by atoms with Gasteiger partial charge in [-0.1, -0.05) is 13.8 Å². The van der Waals surface area contributed by atoms with Gasteiger partial charge in [-0.3, -0.25) is 0 Å². The van der Waals surface area contributed by atoms with Crippen molar-refractivity contribution < 1.29 is 4.79 Å². The van der Waals surface area contributed by atoms with Crippen LogP contribution in [0.2, 0.25) is 0 Å². The van der Waals surface area contributed by atoms with Crippen LogP contribution in [0.4, 0.5) is 4.79 Å². The van der Waals surface area contributed by atoms with E-state index in [1.165, 1.54) is 0 Å². The monoisotopic (exact) mass is 253 g/mol. The minimum atomic E-state index is 0.262. The maximum Gasteiger partial charge on any atom is 0.320 e. The first-order valence-corrected chi connectivity index (χ1v) is 7.19. The Labute approximate surface area is 111 Å². The average Bonchev–Trinajstić information content (AvgIpc) is 2.71. The molecule has 0 aromatic rings. The molecule has 2 unspecified atom stereocenters. The van der Waals surface area contributed by atoms with Gasteiger partial charge < -0.3 is 14.7 Å². The second-order valence-electron chi connectivity index (χ2n) is 6.37. The molecule has 0 N–H and O–H groups in total. The van der Waals surface area contributed by atoms with E-state index < -0.39 is 0 Å². The third-order valence-electron chi connectivity index (χ3n) is 4.56. The molecule has 0 aromatic heterocycles. The van der Waals surface area contributed by atoms with Crippen LogP contribution >= 0.6 is 0 Å². The highest BCUT2D eigenvalue weighted by molar-refractivity contribution is 5.75. The summed E-state index contributed by atoms with van der Waals surface area (Å²) in [7, 11) is 4.22. The smallest absolute Gasteiger partial charge is 0.320 e. The minimum Gasteiger partial charge on any atom is -0.325 e. The molecule has 0 aromatic carbocycles. The zero-order chi connectivity index (χ0) is 13.3. The summed E-state index contributed by atoms with van der Waals surface area (Å²) in [5.41, 5.74) is 0. The molecule has 18 heavy (non-hydrogen) atoms. The molecule has 0 saturated carbocycles. The number of hydrogen-bond donors (Lipinski definition) is 0. The van der Waals surface area contributed by atoms with Gasteiger partial charge in [0.1, 0.15) is 0 Å². The molecule has 4 heteroatoms. The number of nitrogens with zero attached hydrogens (tertiary/aromatic N) is 3. The van der Waals surface area contributed by atoms with Crippen LogP contribution in [0.1, 0.15) is 26.7 Å². The van der Waals surface area contributed by atoms with Crippen molar-refractivity contribution in [1.29, 1.82) is 0 Å². The van der Waals surface area contributed by atoms with Crippen LogP contribution in [0, 0.1) is 11.8 Å². The Morgan fingerprint density at radius 1 is 1.06 bits per heavy atom. The quantitative estimate of drug-likeness (QED) is 0.711. The molecule has 0 bridgehead atoms. The molecule has 2 amide bonds. The molecular weight excluding hydrogens is 226 g/mol. The highest BCUT2D eigenvalue weighted by Crippen LogP contribution is 2.23. The molecule has 2 heterocycles. The molecule has 0 radical (unpaired) electrons. The Morgan fingerprint density at radius 2 is 1.67 bits per heavy atom. The number of rotatable bonds is 1. The van der Waals surface area contributed by atoms with Crippen molar-refractivity contribution in [2.24, 2.45) is 11.8 Å². The van der Waals surface area contributed by atoms with E-state index in [4.69, 9.17) is 0 Å². The van der Waals surface area contributed by atoms with Gasteiger partial charge in [0.2, 0.25) is 0 Å². The Bertz CT molecular complexity index is 297. The maximum absolute atomic E-state index is 12.5. The van der Waals surface area contributed by atoms with Crippen LogP contribution in [-0.4, -0.2) is 67.0 Å². The van der Waals surface area contributed by atoms with E-state index in [0.717, 1.165) is 44.9 Å². The number of likely N-dealkylation sites (N-methyl/N-ethyl adjacent to an activating group) is 1. The number of carbonyl (C=O) groups is 1. The molecule has 2 atom stereocenters. The first kappa shape index (κ1) is 13.7. The third kappa shape index (κ3) is 2.79. The summed E-state index contributed by atoms with van der Waals surface area (Å²) in [5, 5.41) is 0. The Kier molecular flexibility index (Phi) is 4.15. The van der Waals surface area contributed by atoms with Gasteiger partial charge >= 0.3 is 6.03 Å². The van der Waals surface area contributed by atoms with Crippen LogP contribution in [0.25, 0.3) is 0 Å². The zero-order valence-electron chi connectivity index (χ0n) is 12.2. The highest BCUT2D eigenvalue weighted by atomic mass is 16.2. The summed E-state index contributed by atoms with van der Waals surface area (Å²) in [6, 6.07) is 0.774. The fourth-order valence-corrected chi connectivity index (χ4v) is 3.18. The van der Waals surface area contributed by atoms with Gasteiger partial charge in [-0.05, 0) is 38.8 Å². The lowest BCUT2D eigenvalue weighted by Gasteiger charge is -2.33. The second-order valence-corrected chi connectivity index (χ2v) is 6.37. The number of hydrogen-bond acceptors (Lipinski definition) is 2. The fourth-order valence-electron chi connectivity index (χ4n) is 3.18. The van der Waals surface area contributed by atoms with Crippen molar-refractivity contribution in [3.05, 3.63) is 0 Å². The van der Waals surface area contributed by atoms with E-state index in [1.807, 2.05) is 9.80 Å². The SMILES string of the molecule is CC1CCN(C(=O)N2CC(C)C(N(C)C)C2)CC1. The number of urea groups is 1. The zero-order valence-corrected chi connectivity index (χ0v) is 12.2. The summed E-state index contributed by atoms with van der Waals surface area (Å²) >= 11 is 0. The lowest BCUT2D eigenvalue weighted by Crippen LogP contribution is -2.46. The van der Waals surface area contributed by atoms with Crippen molar-refractivity contribution >= 4 is 6.03 Å². The number of likely N-dealkylation sites (tertiary alicyclic amines) is 2. The predicted molar refractivity (Wildman–Crippen MR) is 73.6 cm³/mol. The summed E-state index contributed by atoms with van der Waals surface area (Å²) in [6.07, 6.45) is 2.32. The van der Waals surface area contributed by atoms with Crippen molar-refractivity contribution in [2.45, 2.75) is 32.7 Å². The Morgan fingerprint density at radius 3 is 2.17 bits per heavy atom. The third-order valence-corrected chi connectivity index (χ3v) is 4.56. The van der Waals surface area contributed by atoms with E-state index in [9.17, 15) is 4.79 Å². The first-order valence-electron chi connectivity index (χ1n) is 7.19. The van der Waals surface area contributed by atoms with Crippen molar-refractivity contribution in [2.75, 3.05) is 40.3 Å². The number of amides is 2. The van der Waals surface area contributed by atoms with Gasteiger partial charge in [0, 0.05) is 32.2 Å². The van der Waals surface area contributed by atoms with Gasteiger partial charge in [0.05, 0.1) is 0 Å². The largest absolute Gasteiger partial charge is 0.325 e. The summed E-state index contributed by atoms with van der Waals surface area (Å²) in [5.74, 6) is 1.36. The van der Waals surface area contributed by atoms with Gasteiger partial charge in [-0.15, -0.1) is 0 Å². The van der Waals surface area contributed by atoms with E-state index in [-0.39, 0.29) is 6.03 Å². The second kappa shape index (κ2) is 5.47. The molecule has 2 rings (SSSR count). The van der Waals surface area contributed by atoms with E-state index in [2.05, 4.69) is 32.8 Å². The van der Waals surface area contributed by atoms with Crippen LogP contribution in [0.15, 0.2) is 0 Å². The van der Waals surface area contributed by atoms with Gasteiger partial charge in [0.25, 0.3) is 0 Å². The lowest BCUT2D eigenvalue weighted by molar-refractivity contribution is 0.140. The van der Waals surface area contributed by atoms with E-state index >= 15 is 0 Å². The molecule has 0 spiro atoms. The first-order chi connectivity index (χ1) is 8.49. The topological polar surface area (TPSA) is 26.8 Å². The van der Waals surface area contributed by atoms with Crippen LogP contribution in [0.3, 0.4) is 0 Å². The summed E-state index contributed by atoms with van der Waals surface area (Å²) in [4.78, 5) is 18.8. The van der Waals surface area contributed by atoms with Crippen LogP contribution in [0.5, 0.6) is 0 Å². The summed E-state index contributed by atoms with van der Waals surface area (Å²) < 4.78 is 0. The minimum absolute atomic E-state index is 0.262. The standard InChI is InChI=1S/C14H27N3O/c1-11-5-7-16(8-6-11)14(18)17-9-12(2)13(10-17)15(3)4/h11-13H,5-10H2,1-4H3. The van der Waals surface area contributed by atoms with Crippen molar-refractivity contribution in [3.63, 3.8) is 0 Å². The van der Waals surface area contributed by atoms with E-state index in [1.54, 1.807) is 0 Å². The molecular formula is C14H27N3O. The number of piperidine rings is 1. The summed E-state index contributed by atoms with van der Waals surface area (Å²) in [6.45, 7) is 8.21. The number of carbonyl (C=O) groups excluding carboxylic acids is 1. The Balaban J connectivity index is 1.91. The van der Waals surface area contributed by atoms with Crippen molar-refractivity contribution in [1.82, 2.24) is 14.7 Å². The lowest BCUT2D eigenvalue weighted by atomic mass is 10.00. The van der Waals surface area contributed by atoms with Crippen LogP contribution in [-0.2, 0) is 0 Å². The van der Waals surface area contributed by atoms with E-state index in [0.29, 0.717) is 12.0 Å². The van der Waals surface area contributed by atoms with Gasteiger partial charge in [-0.25, -0.2) is 4.79 Å². The molecule has 2 fully saturated rings. The predicted octanol–water partition coefficient (Wildman–Crippen LogP) is 1.72. The van der Waals surface area contributed by atoms with Crippen molar-refractivity contribution in [3.8, 4) is 0 Å². The molecule has 2 aliphatic rings. The molecule has 4 nitrogen and oxygen atoms in total. The maximum atomic E-state index is 12.5. The Hall–Kier alpha value is -0.770. The molecule has 0 aliphatic carbocycles. The van der Waals surface area contributed by atoms with Gasteiger partial charge in [-0.2, -0.15) is 0 Å². The molecule has 2 aliphatic heterocycles. The van der Waals surface area contributed by atoms with Crippen LogP contribution < -0.4 is 0 Å². The highest BCUT2D eigenvalue weighted by Gasteiger charge is 2.35. The fraction of sp³-hybridized carbons (Fsp3) is 0.929. The average molecular weight is 253 g/mol.